The van der Waals surface area contributed by atoms with E-state index in [9.17, 15) is 18.4 Å². The number of H-pyrrole nitrogens is 1. The summed E-state index contributed by atoms with van der Waals surface area (Å²) >= 11 is 0. The molecule has 1 aromatic rings. The summed E-state index contributed by atoms with van der Waals surface area (Å²) in [5, 5.41) is 8.48. The van der Waals surface area contributed by atoms with Gasteiger partial charge in [-0.3, -0.25) is 9.59 Å². The highest BCUT2D eigenvalue weighted by molar-refractivity contribution is 5.70. The Hall–Kier alpha value is -1.76. The van der Waals surface area contributed by atoms with Gasteiger partial charge in [-0.25, -0.2) is 8.78 Å². The first-order chi connectivity index (χ1) is 7.45. The molecule has 0 saturated heterocycles. The number of hydrogen-bond acceptors (Lipinski definition) is 3. The molecule has 0 fully saturated rings. The van der Waals surface area contributed by atoms with E-state index in [1.54, 1.807) is 0 Å². The molecule has 0 amide bonds. The molecule has 16 heavy (non-hydrogen) atoms. The van der Waals surface area contributed by atoms with Crippen LogP contribution < -0.4 is 11.3 Å². The van der Waals surface area contributed by atoms with Gasteiger partial charge in [0.2, 0.25) is 0 Å². The van der Waals surface area contributed by atoms with Crippen LogP contribution in [0.5, 0.6) is 0 Å². The standard InChI is InChI=1S/C9H10F2N2O3/c10-8(11)5-1-4(2-7(14)15)9(16)13-6(5)3-12/h1,8H,2-3,12H2,(H,13,16)(H,14,15). The molecule has 0 bridgehead atoms. The van der Waals surface area contributed by atoms with Gasteiger partial charge >= 0.3 is 5.97 Å². The molecule has 0 aromatic carbocycles. The van der Waals surface area contributed by atoms with Gasteiger partial charge in [-0.2, -0.15) is 0 Å². The van der Waals surface area contributed by atoms with Crippen molar-refractivity contribution in [2.24, 2.45) is 5.73 Å². The van der Waals surface area contributed by atoms with E-state index in [0.717, 1.165) is 6.07 Å². The first-order valence-corrected chi connectivity index (χ1v) is 4.40. The largest absolute Gasteiger partial charge is 0.481 e. The lowest BCUT2D eigenvalue weighted by molar-refractivity contribution is -0.136. The highest BCUT2D eigenvalue weighted by Crippen LogP contribution is 2.21. The van der Waals surface area contributed by atoms with Crippen LogP contribution in [0.2, 0.25) is 0 Å². The number of alkyl halides is 2. The summed E-state index contributed by atoms with van der Waals surface area (Å²) < 4.78 is 25.1. The number of nitrogens with one attached hydrogen (secondary N) is 1. The predicted octanol–water partition coefficient (Wildman–Crippen LogP) is 0.398. The van der Waals surface area contributed by atoms with Crippen LogP contribution in [0.3, 0.4) is 0 Å². The number of aromatic nitrogens is 1. The average molecular weight is 232 g/mol. The normalized spacial score (nSPS) is 10.8. The molecular weight excluding hydrogens is 222 g/mol. The van der Waals surface area contributed by atoms with E-state index in [1.165, 1.54) is 0 Å². The third-order valence-corrected chi connectivity index (χ3v) is 2.02. The number of rotatable bonds is 4. The van der Waals surface area contributed by atoms with Crippen molar-refractivity contribution >= 4 is 5.97 Å². The van der Waals surface area contributed by atoms with Crippen molar-refractivity contribution in [1.29, 1.82) is 0 Å². The Morgan fingerprint density at radius 1 is 1.56 bits per heavy atom. The zero-order valence-electron chi connectivity index (χ0n) is 8.17. The number of pyridine rings is 1. The van der Waals surface area contributed by atoms with Crippen molar-refractivity contribution < 1.29 is 18.7 Å². The SMILES string of the molecule is NCc1[nH]c(=O)c(CC(=O)O)cc1C(F)F. The molecule has 0 atom stereocenters. The summed E-state index contributed by atoms with van der Waals surface area (Å²) in [6.07, 6.45) is -3.40. The van der Waals surface area contributed by atoms with E-state index < -0.39 is 29.9 Å². The van der Waals surface area contributed by atoms with Gasteiger partial charge in [0.05, 0.1) is 6.42 Å². The lowest BCUT2D eigenvalue weighted by Crippen LogP contribution is -2.21. The predicted molar refractivity (Wildman–Crippen MR) is 51.3 cm³/mol. The van der Waals surface area contributed by atoms with Crippen LogP contribution in [0.4, 0.5) is 8.78 Å². The number of hydrogen-bond donors (Lipinski definition) is 3. The number of aromatic amines is 1. The lowest BCUT2D eigenvalue weighted by atomic mass is 10.1. The third-order valence-electron chi connectivity index (χ3n) is 2.02. The molecule has 0 aliphatic rings. The Morgan fingerprint density at radius 3 is 2.62 bits per heavy atom. The number of carbonyl (C=O) groups is 1. The molecule has 5 nitrogen and oxygen atoms in total. The quantitative estimate of drug-likeness (QED) is 0.700. The maximum absolute atomic E-state index is 12.5. The molecule has 0 aliphatic heterocycles. The Morgan fingerprint density at radius 2 is 2.19 bits per heavy atom. The summed E-state index contributed by atoms with van der Waals surface area (Å²) in [5.41, 5.74) is 3.77. The van der Waals surface area contributed by atoms with E-state index in [1.807, 2.05) is 0 Å². The molecule has 4 N–H and O–H groups in total. The summed E-state index contributed by atoms with van der Waals surface area (Å²) in [5.74, 6) is -1.26. The molecule has 1 aromatic heterocycles. The van der Waals surface area contributed by atoms with Gasteiger partial charge in [0.25, 0.3) is 12.0 Å². The maximum Gasteiger partial charge on any atom is 0.308 e. The topological polar surface area (TPSA) is 96.2 Å². The zero-order valence-corrected chi connectivity index (χ0v) is 8.17. The molecule has 0 unspecified atom stereocenters. The number of nitrogens with two attached hydrogens (primary N) is 1. The van der Waals surface area contributed by atoms with Crippen LogP contribution in [-0.4, -0.2) is 16.1 Å². The minimum absolute atomic E-state index is 0.0749. The Labute approximate surface area is 88.9 Å². The van der Waals surface area contributed by atoms with Gasteiger partial charge in [0.1, 0.15) is 0 Å². The van der Waals surface area contributed by atoms with Crippen molar-refractivity contribution in [3.8, 4) is 0 Å². The van der Waals surface area contributed by atoms with Crippen LogP contribution in [0.15, 0.2) is 10.9 Å². The number of aliphatic carboxylic acids is 1. The van der Waals surface area contributed by atoms with Crippen LogP contribution in [0.25, 0.3) is 0 Å². The summed E-state index contributed by atoms with van der Waals surface area (Å²) in [6.45, 7) is -0.234. The van der Waals surface area contributed by atoms with Crippen LogP contribution in [-0.2, 0) is 17.8 Å². The maximum atomic E-state index is 12.5. The van der Waals surface area contributed by atoms with Gasteiger partial charge in [-0.1, -0.05) is 0 Å². The third kappa shape index (κ3) is 2.63. The molecule has 0 aliphatic carbocycles. The fraction of sp³-hybridized carbons (Fsp3) is 0.333. The highest BCUT2D eigenvalue weighted by atomic mass is 19.3. The number of carboxylic acids is 1. The monoisotopic (exact) mass is 232 g/mol. The van der Waals surface area contributed by atoms with E-state index in [-0.39, 0.29) is 17.8 Å². The van der Waals surface area contributed by atoms with E-state index in [4.69, 9.17) is 10.8 Å². The van der Waals surface area contributed by atoms with Crippen LogP contribution in [0, 0.1) is 0 Å². The summed E-state index contributed by atoms with van der Waals surface area (Å²) in [4.78, 5) is 23.8. The Kier molecular flexibility index (Phi) is 3.73. The van der Waals surface area contributed by atoms with E-state index >= 15 is 0 Å². The number of carboxylic acid groups (broad SMARTS) is 1. The highest BCUT2D eigenvalue weighted by Gasteiger charge is 2.16. The molecule has 1 rings (SSSR count). The van der Waals surface area contributed by atoms with Crippen molar-refractivity contribution in [2.75, 3.05) is 0 Å². The van der Waals surface area contributed by atoms with Gasteiger partial charge in [-0.15, -0.1) is 0 Å². The van der Waals surface area contributed by atoms with Crippen molar-refractivity contribution in [2.45, 2.75) is 19.4 Å². The van der Waals surface area contributed by atoms with Crippen molar-refractivity contribution in [1.82, 2.24) is 4.98 Å². The van der Waals surface area contributed by atoms with Crippen LogP contribution in [0.1, 0.15) is 23.2 Å². The van der Waals surface area contributed by atoms with E-state index in [2.05, 4.69) is 4.98 Å². The molecular formula is C9H10F2N2O3. The summed E-state index contributed by atoms with van der Waals surface area (Å²) in [6, 6.07) is 0.889. The molecule has 0 saturated carbocycles. The lowest BCUT2D eigenvalue weighted by Gasteiger charge is -2.08. The average Bonchev–Trinajstić information content (AvgIpc) is 2.19. The summed E-state index contributed by atoms with van der Waals surface area (Å²) in [7, 11) is 0. The molecule has 88 valence electrons. The molecule has 1 heterocycles. The Balaban J connectivity index is 3.27. The van der Waals surface area contributed by atoms with Gasteiger partial charge in [-0.05, 0) is 6.07 Å². The minimum Gasteiger partial charge on any atom is -0.481 e. The fourth-order valence-corrected chi connectivity index (χ4v) is 1.29. The molecule has 0 spiro atoms. The van der Waals surface area contributed by atoms with E-state index in [0.29, 0.717) is 0 Å². The van der Waals surface area contributed by atoms with Gasteiger partial charge < -0.3 is 15.8 Å². The Bertz CT molecular complexity index is 457. The molecule has 7 heteroatoms. The number of halogens is 2. The smallest absolute Gasteiger partial charge is 0.308 e. The molecule has 0 radical (unpaired) electrons. The van der Waals surface area contributed by atoms with Crippen LogP contribution >= 0.6 is 0 Å². The van der Waals surface area contributed by atoms with Gasteiger partial charge in [0, 0.05) is 23.4 Å². The second-order valence-electron chi connectivity index (χ2n) is 3.13. The minimum atomic E-state index is -2.80. The second kappa shape index (κ2) is 4.84. The zero-order chi connectivity index (χ0) is 12.3. The first-order valence-electron chi connectivity index (χ1n) is 4.40. The second-order valence-corrected chi connectivity index (χ2v) is 3.13. The fourth-order valence-electron chi connectivity index (χ4n) is 1.29. The van der Waals surface area contributed by atoms with Gasteiger partial charge in [0.15, 0.2) is 0 Å². The first kappa shape index (κ1) is 12.3. The van der Waals surface area contributed by atoms with Crippen molar-refractivity contribution in [3.05, 3.63) is 33.2 Å². The van der Waals surface area contributed by atoms with Crippen molar-refractivity contribution in [3.63, 3.8) is 0 Å².